The van der Waals surface area contributed by atoms with Gasteiger partial charge in [-0.05, 0) is 31.2 Å². The molecule has 0 saturated heterocycles. The summed E-state index contributed by atoms with van der Waals surface area (Å²) in [7, 11) is -5.29. The fourth-order valence-electron chi connectivity index (χ4n) is 1.38. The molecule has 1 aromatic rings. The molecule has 1 rings (SSSR count). The number of alkyl halides is 3. The summed E-state index contributed by atoms with van der Waals surface area (Å²) in [6.45, 7) is 1.81. The van der Waals surface area contributed by atoms with Crippen LogP contribution in [0.5, 0.6) is 0 Å². The van der Waals surface area contributed by atoms with Crippen molar-refractivity contribution in [3.05, 3.63) is 24.3 Å². The van der Waals surface area contributed by atoms with Crippen molar-refractivity contribution in [3.8, 4) is 12.3 Å². The second-order valence-corrected chi connectivity index (χ2v) is 5.87. The van der Waals surface area contributed by atoms with Crippen LogP contribution in [0.15, 0.2) is 29.2 Å². The van der Waals surface area contributed by atoms with Gasteiger partial charge < -0.3 is 5.32 Å². The van der Waals surface area contributed by atoms with Crippen molar-refractivity contribution in [2.75, 3.05) is 5.32 Å². The van der Waals surface area contributed by atoms with Gasteiger partial charge in [-0.3, -0.25) is 0 Å². The fraction of sp³-hybridized carbons (Fsp3) is 0.333. The zero-order valence-electron chi connectivity index (χ0n) is 10.0. The number of terminal acetylenes is 1. The molecule has 0 radical (unpaired) electrons. The number of sulfone groups is 1. The molecule has 0 bridgehead atoms. The van der Waals surface area contributed by atoms with Gasteiger partial charge in [0.1, 0.15) is 0 Å². The summed E-state index contributed by atoms with van der Waals surface area (Å²) >= 11 is 0. The second-order valence-electron chi connectivity index (χ2n) is 3.93. The van der Waals surface area contributed by atoms with Crippen LogP contribution in [0.25, 0.3) is 0 Å². The van der Waals surface area contributed by atoms with Crippen LogP contribution in [0, 0.1) is 12.3 Å². The minimum atomic E-state index is -5.29. The van der Waals surface area contributed by atoms with Gasteiger partial charge in [0.05, 0.1) is 4.90 Å². The van der Waals surface area contributed by atoms with E-state index in [2.05, 4.69) is 11.2 Å². The van der Waals surface area contributed by atoms with Crippen molar-refractivity contribution >= 4 is 15.5 Å². The minimum absolute atomic E-state index is 0.0601. The molecule has 1 unspecified atom stereocenters. The third kappa shape index (κ3) is 3.64. The predicted molar refractivity (Wildman–Crippen MR) is 66.2 cm³/mol. The number of hydrogen-bond acceptors (Lipinski definition) is 3. The lowest BCUT2D eigenvalue weighted by molar-refractivity contribution is -0.0436. The Kier molecular flexibility index (Phi) is 4.48. The normalized spacial score (nSPS) is 13.6. The second kappa shape index (κ2) is 5.53. The molecule has 19 heavy (non-hydrogen) atoms. The van der Waals surface area contributed by atoms with Gasteiger partial charge in [-0.1, -0.05) is 0 Å². The van der Waals surface area contributed by atoms with Crippen LogP contribution in [0.3, 0.4) is 0 Å². The Balaban J connectivity index is 2.93. The van der Waals surface area contributed by atoms with E-state index >= 15 is 0 Å². The Bertz CT molecular complexity index is 570. The molecule has 0 aliphatic heterocycles. The van der Waals surface area contributed by atoms with Gasteiger partial charge in [0.15, 0.2) is 0 Å². The smallest absolute Gasteiger partial charge is 0.382 e. The van der Waals surface area contributed by atoms with Crippen molar-refractivity contribution in [2.24, 2.45) is 0 Å². The van der Waals surface area contributed by atoms with E-state index in [0.717, 1.165) is 12.1 Å². The summed E-state index contributed by atoms with van der Waals surface area (Å²) in [4.78, 5) is -0.782. The van der Waals surface area contributed by atoms with Gasteiger partial charge in [0.2, 0.25) is 0 Å². The van der Waals surface area contributed by atoms with Crippen LogP contribution in [0.1, 0.15) is 13.3 Å². The Labute approximate surface area is 109 Å². The molecule has 0 aliphatic carbocycles. The van der Waals surface area contributed by atoms with E-state index in [9.17, 15) is 21.6 Å². The maximum atomic E-state index is 12.3. The van der Waals surface area contributed by atoms with E-state index in [1.54, 1.807) is 6.92 Å². The average molecular weight is 291 g/mol. The number of benzene rings is 1. The quantitative estimate of drug-likeness (QED) is 0.868. The molecule has 1 N–H and O–H groups in total. The number of rotatable bonds is 4. The van der Waals surface area contributed by atoms with E-state index in [1.807, 2.05) is 0 Å². The molecule has 7 heteroatoms. The van der Waals surface area contributed by atoms with Crippen LogP contribution in [0.4, 0.5) is 18.9 Å². The topological polar surface area (TPSA) is 46.2 Å². The summed E-state index contributed by atoms with van der Waals surface area (Å²) in [6.07, 6.45) is 5.56. The van der Waals surface area contributed by atoms with Gasteiger partial charge in [-0.15, -0.1) is 12.3 Å². The molecule has 1 atom stereocenters. The molecule has 0 heterocycles. The zero-order valence-corrected chi connectivity index (χ0v) is 10.8. The Morgan fingerprint density at radius 1 is 1.32 bits per heavy atom. The minimum Gasteiger partial charge on any atom is -0.382 e. The van der Waals surface area contributed by atoms with E-state index in [0.29, 0.717) is 12.1 Å². The lowest BCUT2D eigenvalue weighted by atomic mass is 10.2. The molecule has 0 amide bonds. The largest absolute Gasteiger partial charge is 0.501 e. The van der Waals surface area contributed by atoms with Crippen molar-refractivity contribution in [2.45, 2.75) is 29.8 Å². The van der Waals surface area contributed by atoms with Crippen LogP contribution >= 0.6 is 0 Å². The molecule has 1 aromatic carbocycles. The number of hydrogen-bond donors (Lipinski definition) is 1. The van der Waals surface area contributed by atoms with Crippen LogP contribution < -0.4 is 5.32 Å². The SMILES string of the molecule is C#CCC(C)Nc1ccc(S(=O)(=O)C(F)(F)F)cc1. The third-order valence-corrected chi connectivity index (χ3v) is 3.81. The summed E-state index contributed by atoms with van der Waals surface area (Å²) in [5, 5.41) is 2.94. The van der Waals surface area contributed by atoms with Crippen LogP contribution in [0.2, 0.25) is 0 Å². The molecule has 3 nitrogen and oxygen atoms in total. The maximum absolute atomic E-state index is 12.3. The number of halogens is 3. The predicted octanol–water partition coefficient (Wildman–Crippen LogP) is 2.80. The molecule has 0 saturated carbocycles. The summed E-state index contributed by atoms with van der Waals surface area (Å²) in [5.41, 5.74) is -4.79. The first kappa shape index (κ1) is 15.4. The molecule has 0 aromatic heterocycles. The molecule has 0 spiro atoms. The average Bonchev–Trinajstić information content (AvgIpc) is 2.28. The fourth-order valence-corrected chi connectivity index (χ4v) is 2.14. The van der Waals surface area contributed by atoms with Gasteiger partial charge in [-0.25, -0.2) is 8.42 Å². The monoisotopic (exact) mass is 291 g/mol. The first-order valence-electron chi connectivity index (χ1n) is 5.30. The molecule has 104 valence electrons. The van der Waals surface area contributed by atoms with Crippen molar-refractivity contribution in [1.82, 2.24) is 0 Å². The summed E-state index contributed by atoms with van der Waals surface area (Å²) in [5.74, 6) is 2.44. The highest BCUT2D eigenvalue weighted by molar-refractivity contribution is 7.92. The van der Waals surface area contributed by atoms with Crippen LogP contribution in [-0.4, -0.2) is 20.0 Å². The van der Waals surface area contributed by atoms with E-state index < -0.39 is 20.2 Å². The summed E-state index contributed by atoms with van der Waals surface area (Å²) in [6, 6.07) is 4.30. The maximum Gasteiger partial charge on any atom is 0.501 e. The Morgan fingerprint density at radius 3 is 2.26 bits per heavy atom. The number of nitrogens with one attached hydrogen (secondary N) is 1. The van der Waals surface area contributed by atoms with Crippen molar-refractivity contribution < 1.29 is 21.6 Å². The van der Waals surface area contributed by atoms with E-state index in [1.165, 1.54) is 12.1 Å². The van der Waals surface area contributed by atoms with Crippen molar-refractivity contribution in [1.29, 1.82) is 0 Å². The zero-order chi connectivity index (χ0) is 14.7. The van der Waals surface area contributed by atoms with Crippen LogP contribution in [-0.2, 0) is 9.84 Å². The molecular formula is C12H12F3NO2S. The third-order valence-electron chi connectivity index (χ3n) is 2.31. The van der Waals surface area contributed by atoms with Gasteiger partial charge in [0, 0.05) is 18.2 Å². The standard InChI is InChI=1S/C12H12F3NO2S/c1-3-4-9(2)16-10-5-7-11(8-6-10)19(17,18)12(13,14)15/h1,5-9,16H,4H2,2H3. The van der Waals surface area contributed by atoms with Gasteiger partial charge in [0.25, 0.3) is 9.84 Å². The number of anilines is 1. The van der Waals surface area contributed by atoms with Gasteiger partial charge in [-0.2, -0.15) is 13.2 Å². The van der Waals surface area contributed by atoms with E-state index in [4.69, 9.17) is 6.42 Å². The molecule has 0 aliphatic rings. The lowest BCUT2D eigenvalue weighted by Gasteiger charge is -2.13. The molecular weight excluding hydrogens is 279 g/mol. The molecule has 0 fully saturated rings. The van der Waals surface area contributed by atoms with Gasteiger partial charge >= 0.3 is 5.51 Å². The highest BCUT2D eigenvalue weighted by Gasteiger charge is 2.46. The van der Waals surface area contributed by atoms with Crippen molar-refractivity contribution in [3.63, 3.8) is 0 Å². The first-order chi connectivity index (χ1) is 8.68. The Hall–Kier alpha value is -1.68. The summed E-state index contributed by atoms with van der Waals surface area (Å²) < 4.78 is 59.1. The first-order valence-corrected chi connectivity index (χ1v) is 6.78. The highest BCUT2D eigenvalue weighted by Crippen LogP contribution is 2.30. The van der Waals surface area contributed by atoms with E-state index in [-0.39, 0.29) is 6.04 Å². The lowest BCUT2D eigenvalue weighted by Crippen LogP contribution is -2.23. The Morgan fingerprint density at radius 2 is 1.84 bits per heavy atom. The highest BCUT2D eigenvalue weighted by atomic mass is 32.2.